The van der Waals surface area contributed by atoms with Crippen LogP contribution in [0.15, 0.2) is 54.6 Å². The Kier molecular flexibility index (Phi) is 7.25. The van der Waals surface area contributed by atoms with Crippen LogP contribution in [-0.2, 0) is 27.2 Å². The third-order valence-electron chi connectivity index (χ3n) is 5.28. The summed E-state index contributed by atoms with van der Waals surface area (Å²) >= 11 is 0. The highest BCUT2D eigenvalue weighted by Crippen LogP contribution is 2.31. The van der Waals surface area contributed by atoms with E-state index in [1.165, 1.54) is 11.0 Å². The monoisotopic (exact) mass is 454 g/mol. The normalized spacial score (nSPS) is 15.2. The second-order valence-electron chi connectivity index (χ2n) is 7.60. The molecule has 0 radical (unpaired) electrons. The van der Waals surface area contributed by atoms with Gasteiger partial charge in [-0.3, -0.25) is 4.79 Å². The zero-order valence-corrected chi connectivity index (χ0v) is 17.8. The number of halogens is 3. The number of hydrogen-bond donors (Lipinski definition) is 0. The maximum Gasteiger partial charge on any atom is 0.416 e. The standard InChI is InChI=1S/C22H25F3N2O3S/c23-22(24,25)19-9-4-10-20(16-19)26-11-13-27(14-12-26)21(28)17-31(29,30)15-5-8-18-6-2-1-3-7-18/h1-4,6-7,9-10,16H,5,8,11-15,17H2. The number of carbonyl (C=O) groups excluding carboxylic acids is 1. The van der Waals surface area contributed by atoms with Gasteiger partial charge in [0.25, 0.3) is 0 Å². The molecule has 1 heterocycles. The number of hydrogen-bond acceptors (Lipinski definition) is 4. The molecule has 1 fully saturated rings. The minimum absolute atomic E-state index is 0.0577. The van der Waals surface area contributed by atoms with Crippen LogP contribution < -0.4 is 4.90 Å². The summed E-state index contributed by atoms with van der Waals surface area (Å²) < 4.78 is 63.4. The molecule has 0 bridgehead atoms. The van der Waals surface area contributed by atoms with Crippen molar-refractivity contribution in [1.29, 1.82) is 0 Å². The van der Waals surface area contributed by atoms with Crippen molar-refractivity contribution in [3.8, 4) is 0 Å². The third kappa shape index (κ3) is 6.72. The van der Waals surface area contributed by atoms with Gasteiger partial charge in [-0.1, -0.05) is 36.4 Å². The van der Waals surface area contributed by atoms with Gasteiger partial charge in [-0.2, -0.15) is 13.2 Å². The van der Waals surface area contributed by atoms with Crippen molar-refractivity contribution < 1.29 is 26.4 Å². The third-order valence-corrected chi connectivity index (χ3v) is 6.88. The van der Waals surface area contributed by atoms with Crippen LogP contribution in [0.1, 0.15) is 17.5 Å². The summed E-state index contributed by atoms with van der Waals surface area (Å²) in [5.41, 5.74) is 0.773. The molecule has 0 spiro atoms. The highest BCUT2D eigenvalue weighted by atomic mass is 32.2. The van der Waals surface area contributed by atoms with Gasteiger partial charge in [0.15, 0.2) is 9.84 Å². The molecule has 0 saturated carbocycles. The van der Waals surface area contributed by atoms with Gasteiger partial charge in [0.1, 0.15) is 5.75 Å². The van der Waals surface area contributed by atoms with Crippen LogP contribution in [0.4, 0.5) is 18.9 Å². The topological polar surface area (TPSA) is 57.7 Å². The van der Waals surface area contributed by atoms with E-state index in [0.29, 0.717) is 31.6 Å². The molecule has 5 nitrogen and oxygen atoms in total. The maximum absolute atomic E-state index is 12.9. The predicted molar refractivity (Wildman–Crippen MR) is 114 cm³/mol. The van der Waals surface area contributed by atoms with Crippen molar-refractivity contribution in [1.82, 2.24) is 4.90 Å². The van der Waals surface area contributed by atoms with Gasteiger partial charge in [-0.05, 0) is 36.6 Å². The summed E-state index contributed by atoms with van der Waals surface area (Å²) in [5.74, 6) is -1.05. The molecule has 3 rings (SSSR count). The van der Waals surface area contributed by atoms with E-state index in [9.17, 15) is 26.4 Å². The van der Waals surface area contributed by atoms with Crippen molar-refractivity contribution in [3.63, 3.8) is 0 Å². The van der Waals surface area contributed by atoms with E-state index in [-0.39, 0.29) is 18.8 Å². The molecule has 0 unspecified atom stereocenters. The molecule has 1 saturated heterocycles. The number of carbonyl (C=O) groups is 1. The zero-order chi connectivity index (χ0) is 22.5. The van der Waals surface area contributed by atoms with Gasteiger partial charge >= 0.3 is 6.18 Å². The fourth-order valence-corrected chi connectivity index (χ4v) is 4.87. The van der Waals surface area contributed by atoms with E-state index in [1.54, 1.807) is 11.0 Å². The number of rotatable bonds is 7. The smallest absolute Gasteiger partial charge is 0.368 e. The lowest BCUT2D eigenvalue weighted by Crippen LogP contribution is -2.50. The Hall–Kier alpha value is -2.55. The molecule has 0 aliphatic carbocycles. The number of piperazine rings is 1. The molecule has 2 aromatic carbocycles. The van der Waals surface area contributed by atoms with Gasteiger partial charge < -0.3 is 9.80 Å². The second-order valence-corrected chi connectivity index (χ2v) is 9.78. The van der Waals surface area contributed by atoms with Gasteiger partial charge in [0.05, 0.1) is 11.3 Å². The van der Waals surface area contributed by atoms with Gasteiger partial charge in [-0.15, -0.1) is 0 Å². The van der Waals surface area contributed by atoms with E-state index in [1.807, 2.05) is 30.3 Å². The molecule has 0 aromatic heterocycles. The van der Waals surface area contributed by atoms with Crippen molar-refractivity contribution in [2.75, 3.05) is 42.6 Å². The lowest BCUT2D eigenvalue weighted by Gasteiger charge is -2.36. The summed E-state index contributed by atoms with van der Waals surface area (Å²) in [6.07, 6.45) is -3.34. The van der Waals surface area contributed by atoms with E-state index in [4.69, 9.17) is 0 Å². The van der Waals surface area contributed by atoms with Crippen molar-refractivity contribution >= 4 is 21.4 Å². The first kappa shape index (κ1) is 23.1. The number of amides is 1. The van der Waals surface area contributed by atoms with Crippen molar-refractivity contribution in [2.24, 2.45) is 0 Å². The largest absolute Gasteiger partial charge is 0.416 e. The molecule has 0 atom stereocenters. The van der Waals surface area contributed by atoms with E-state index in [2.05, 4.69) is 0 Å². The Morgan fingerprint density at radius 2 is 1.61 bits per heavy atom. The number of sulfone groups is 1. The lowest BCUT2D eigenvalue weighted by atomic mass is 10.1. The molecule has 9 heteroatoms. The number of nitrogens with zero attached hydrogens (tertiary/aromatic N) is 2. The fourth-order valence-electron chi connectivity index (χ4n) is 3.59. The summed E-state index contributed by atoms with van der Waals surface area (Å²) in [6, 6.07) is 14.6. The Morgan fingerprint density at radius 1 is 0.935 bits per heavy atom. The lowest BCUT2D eigenvalue weighted by molar-refractivity contribution is -0.137. The summed E-state index contributed by atoms with van der Waals surface area (Å²) in [5, 5.41) is 0. The summed E-state index contributed by atoms with van der Waals surface area (Å²) in [7, 11) is -3.52. The minimum atomic E-state index is -4.41. The molecule has 1 amide bonds. The SMILES string of the molecule is O=C(CS(=O)(=O)CCCc1ccccc1)N1CCN(c2cccc(C(F)(F)F)c2)CC1. The van der Waals surface area contributed by atoms with Gasteiger partial charge in [0, 0.05) is 31.9 Å². The van der Waals surface area contributed by atoms with Crippen LogP contribution >= 0.6 is 0 Å². The second kappa shape index (κ2) is 9.72. The summed E-state index contributed by atoms with van der Waals surface area (Å²) in [6.45, 7) is 1.24. The van der Waals surface area contributed by atoms with E-state index < -0.39 is 33.2 Å². The first-order chi connectivity index (χ1) is 14.6. The molecular formula is C22H25F3N2O3S. The van der Waals surface area contributed by atoms with Crippen LogP contribution in [0.2, 0.25) is 0 Å². The Balaban J connectivity index is 1.48. The number of anilines is 1. The van der Waals surface area contributed by atoms with Crippen LogP contribution in [0, 0.1) is 0 Å². The summed E-state index contributed by atoms with van der Waals surface area (Å²) in [4.78, 5) is 15.7. The Labute approximate surface area is 180 Å². The number of benzene rings is 2. The molecule has 0 N–H and O–H groups in total. The highest BCUT2D eigenvalue weighted by Gasteiger charge is 2.31. The van der Waals surface area contributed by atoms with Crippen LogP contribution in [-0.4, -0.2) is 56.9 Å². The fraction of sp³-hybridized carbons (Fsp3) is 0.409. The maximum atomic E-state index is 12.9. The molecule has 2 aromatic rings. The minimum Gasteiger partial charge on any atom is -0.368 e. The Morgan fingerprint density at radius 3 is 2.26 bits per heavy atom. The number of aryl methyl sites for hydroxylation is 1. The van der Waals surface area contributed by atoms with Crippen LogP contribution in [0.3, 0.4) is 0 Å². The Bertz CT molecular complexity index is 987. The average molecular weight is 455 g/mol. The first-order valence-electron chi connectivity index (χ1n) is 10.1. The predicted octanol–water partition coefficient (Wildman–Crippen LogP) is 3.40. The van der Waals surface area contributed by atoms with Gasteiger partial charge in [0.2, 0.25) is 5.91 Å². The average Bonchev–Trinajstić information content (AvgIpc) is 2.73. The van der Waals surface area contributed by atoms with Crippen LogP contribution in [0.5, 0.6) is 0 Å². The van der Waals surface area contributed by atoms with Crippen LogP contribution in [0.25, 0.3) is 0 Å². The number of alkyl halides is 3. The highest BCUT2D eigenvalue weighted by molar-refractivity contribution is 7.92. The zero-order valence-electron chi connectivity index (χ0n) is 17.0. The molecule has 168 valence electrons. The molecule has 31 heavy (non-hydrogen) atoms. The quantitative estimate of drug-likeness (QED) is 0.644. The first-order valence-corrected chi connectivity index (χ1v) is 11.9. The van der Waals surface area contributed by atoms with Crippen molar-refractivity contribution in [3.05, 3.63) is 65.7 Å². The molecular weight excluding hydrogens is 429 g/mol. The van der Waals surface area contributed by atoms with Crippen molar-refractivity contribution in [2.45, 2.75) is 19.0 Å². The van der Waals surface area contributed by atoms with E-state index >= 15 is 0 Å². The molecule has 1 aliphatic rings. The molecule has 1 aliphatic heterocycles. The van der Waals surface area contributed by atoms with Gasteiger partial charge in [-0.25, -0.2) is 8.42 Å². The van der Waals surface area contributed by atoms with E-state index in [0.717, 1.165) is 17.7 Å².